The fraction of sp³-hybridized carbons (Fsp3) is 0.355. The molecule has 3 aromatic carbocycles. The van der Waals surface area contributed by atoms with E-state index in [4.69, 9.17) is 10.5 Å². The van der Waals surface area contributed by atoms with Crippen molar-refractivity contribution in [1.29, 1.82) is 0 Å². The minimum Gasteiger partial charge on any atom is -0.508 e. The maximum absolute atomic E-state index is 14.1. The molecule has 0 aliphatic rings. The molecular formula is C31H38N4O6. The highest BCUT2D eigenvalue weighted by Crippen LogP contribution is 2.29. The van der Waals surface area contributed by atoms with Crippen molar-refractivity contribution in [3.05, 3.63) is 72.3 Å². The Kier molecular flexibility index (Phi) is 9.94. The molecule has 218 valence electrons. The van der Waals surface area contributed by atoms with Crippen LogP contribution in [0, 0.1) is 0 Å². The molecule has 3 unspecified atom stereocenters. The van der Waals surface area contributed by atoms with Gasteiger partial charge in [0.25, 0.3) is 5.91 Å². The number of benzene rings is 3. The molecule has 0 radical (unpaired) electrons. The lowest BCUT2D eigenvalue weighted by molar-refractivity contribution is -0.144. The summed E-state index contributed by atoms with van der Waals surface area (Å²) in [4.78, 5) is 54.0. The maximum Gasteiger partial charge on any atom is 0.408 e. The van der Waals surface area contributed by atoms with Crippen LogP contribution >= 0.6 is 0 Å². The highest BCUT2D eigenvalue weighted by atomic mass is 16.6. The Morgan fingerprint density at radius 1 is 0.976 bits per heavy atom. The SMILES string of the molecule is CCC(C)N(C(=O)C(CC(N)=O)NC(=O)OC(C)(C)C)C(C(=O)Nc1ccc2ccccc2c1)c1ccc(O)cc1. The van der Waals surface area contributed by atoms with E-state index in [1.807, 2.05) is 43.3 Å². The Morgan fingerprint density at radius 2 is 1.61 bits per heavy atom. The molecule has 41 heavy (non-hydrogen) atoms. The fourth-order valence-electron chi connectivity index (χ4n) is 4.40. The Bertz CT molecular complexity index is 1400. The van der Waals surface area contributed by atoms with Crippen molar-refractivity contribution in [3.63, 3.8) is 0 Å². The molecule has 0 heterocycles. The third kappa shape index (κ3) is 8.44. The second kappa shape index (κ2) is 13.2. The number of hydrogen-bond acceptors (Lipinski definition) is 6. The molecule has 0 spiro atoms. The van der Waals surface area contributed by atoms with E-state index in [1.165, 1.54) is 17.0 Å². The standard InChI is InChI=1S/C31H38N4O6/c1-6-19(2)35(29(39)25(18-26(32)37)34-30(40)41-31(3,4)5)27(21-12-15-24(36)16-13-21)28(38)33-23-14-11-20-9-7-8-10-22(20)17-23/h7-17,19,25,27,36H,6,18H2,1-5H3,(H2,32,37)(H,33,38)(H,34,40). The lowest BCUT2D eigenvalue weighted by Gasteiger charge is -2.38. The summed E-state index contributed by atoms with van der Waals surface area (Å²) in [6.45, 7) is 8.62. The van der Waals surface area contributed by atoms with E-state index >= 15 is 0 Å². The first-order chi connectivity index (χ1) is 19.3. The average molecular weight is 563 g/mol. The summed E-state index contributed by atoms with van der Waals surface area (Å²) in [7, 11) is 0. The number of ether oxygens (including phenoxy) is 1. The van der Waals surface area contributed by atoms with Gasteiger partial charge in [-0.05, 0) is 74.7 Å². The van der Waals surface area contributed by atoms with Gasteiger partial charge in [0.1, 0.15) is 23.4 Å². The van der Waals surface area contributed by atoms with E-state index in [9.17, 15) is 24.3 Å². The first-order valence-corrected chi connectivity index (χ1v) is 13.5. The molecule has 0 aliphatic carbocycles. The molecular weight excluding hydrogens is 524 g/mol. The number of nitrogens with zero attached hydrogens (tertiary/aromatic N) is 1. The van der Waals surface area contributed by atoms with Crippen LogP contribution in [0.15, 0.2) is 66.7 Å². The molecule has 3 aromatic rings. The quantitative estimate of drug-likeness (QED) is 0.283. The van der Waals surface area contributed by atoms with Gasteiger partial charge in [-0.2, -0.15) is 0 Å². The number of rotatable bonds is 10. The van der Waals surface area contributed by atoms with Gasteiger partial charge in [-0.3, -0.25) is 14.4 Å². The monoisotopic (exact) mass is 562 g/mol. The molecule has 0 aliphatic heterocycles. The van der Waals surface area contributed by atoms with Crippen LogP contribution in [-0.4, -0.2) is 51.5 Å². The third-order valence-electron chi connectivity index (χ3n) is 6.47. The Balaban J connectivity index is 2.05. The van der Waals surface area contributed by atoms with Crippen molar-refractivity contribution in [2.75, 3.05) is 5.32 Å². The predicted molar refractivity (Wildman–Crippen MR) is 157 cm³/mol. The number of aromatic hydroxyl groups is 1. The summed E-state index contributed by atoms with van der Waals surface area (Å²) in [6.07, 6.45) is -0.943. The normalized spacial score (nSPS) is 13.5. The van der Waals surface area contributed by atoms with E-state index in [0.717, 1.165) is 10.8 Å². The van der Waals surface area contributed by atoms with Gasteiger partial charge in [-0.1, -0.05) is 49.4 Å². The van der Waals surface area contributed by atoms with Crippen LogP contribution in [0.5, 0.6) is 5.75 Å². The van der Waals surface area contributed by atoms with Crippen LogP contribution < -0.4 is 16.4 Å². The number of hydrogen-bond donors (Lipinski definition) is 4. The van der Waals surface area contributed by atoms with Gasteiger partial charge >= 0.3 is 6.09 Å². The Hall–Kier alpha value is -4.60. The van der Waals surface area contributed by atoms with E-state index in [-0.39, 0.29) is 5.75 Å². The number of anilines is 1. The molecule has 0 bridgehead atoms. The van der Waals surface area contributed by atoms with Crippen LogP contribution in [0.4, 0.5) is 10.5 Å². The van der Waals surface area contributed by atoms with Gasteiger partial charge in [0.15, 0.2) is 0 Å². The highest BCUT2D eigenvalue weighted by molar-refractivity contribution is 6.01. The molecule has 0 fully saturated rings. The van der Waals surface area contributed by atoms with Crippen LogP contribution in [0.1, 0.15) is 59.1 Å². The second-order valence-corrected chi connectivity index (χ2v) is 10.9. The van der Waals surface area contributed by atoms with E-state index in [2.05, 4.69) is 10.6 Å². The van der Waals surface area contributed by atoms with E-state index in [1.54, 1.807) is 45.9 Å². The molecule has 10 nitrogen and oxygen atoms in total. The number of nitrogens with one attached hydrogen (secondary N) is 2. The number of amides is 4. The number of carbonyl (C=O) groups is 4. The number of primary amides is 1. The topological polar surface area (TPSA) is 151 Å². The fourth-order valence-corrected chi connectivity index (χ4v) is 4.40. The number of fused-ring (bicyclic) bond motifs is 1. The molecule has 4 amide bonds. The summed E-state index contributed by atoms with van der Waals surface area (Å²) < 4.78 is 5.31. The van der Waals surface area contributed by atoms with Crippen molar-refractivity contribution >= 4 is 40.3 Å². The van der Waals surface area contributed by atoms with Crippen LogP contribution in [0.3, 0.4) is 0 Å². The lowest BCUT2D eigenvalue weighted by atomic mass is 9.99. The first kappa shape index (κ1) is 30.9. The van der Waals surface area contributed by atoms with Gasteiger partial charge < -0.3 is 31.1 Å². The molecule has 5 N–H and O–H groups in total. The van der Waals surface area contributed by atoms with Crippen molar-refractivity contribution in [2.45, 2.75) is 71.2 Å². The summed E-state index contributed by atoms with van der Waals surface area (Å²) in [5.74, 6) is -2.03. The maximum atomic E-state index is 14.1. The zero-order valence-electron chi connectivity index (χ0n) is 24.0. The zero-order valence-corrected chi connectivity index (χ0v) is 24.0. The summed E-state index contributed by atoms with van der Waals surface area (Å²) in [5.41, 5.74) is 5.54. The van der Waals surface area contributed by atoms with Gasteiger partial charge in [0.2, 0.25) is 11.8 Å². The third-order valence-corrected chi connectivity index (χ3v) is 6.47. The van der Waals surface area contributed by atoms with Gasteiger partial charge in [0, 0.05) is 11.7 Å². The van der Waals surface area contributed by atoms with Crippen molar-refractivity contribution in [1.82, 2.24) is 10.2 Å². The number of carbonyl (C=O) groups excluding carboxylic acids is 4. The second-order valence-electron chi connectivity index (χ2n) is 10.9. The van der Waals surface area contributed by atoms with Gasteiger partial charge in [-0.25, -0.2) is 4.79 Å². The molecule has 0 aromatic heterocycles. The van der Waals surface area contributed by atoms with Crippen molar-refractivity contribution < 1.29 is 29.0 Å². The minimum absolute atomic E-state index is 0.0120. The number of alkyl carbamates (subject to hydrolysis) is 1. The van der Waals surface area contributed by atoms with Gasteiger partial charge in [-0.15, -0.1) is 0 Å². The molecule has 3 rings (SSSR count). The Morgan fingerprint density at radius 3 is 2.20 bits per heavy atom. The summed E-state index contributed by atoms with van der Waals surface area (Å²) in [5, 5.41) is 17.2. The number of phenolic OH excluding ortho intramolecular Hbond substituents is 1. The Labute approximate surface area is 239 Å². The summed E-state index contributed by atoms with van der Waals surface area (Å²) in [6, 6.07) is 16.1. The predicted octanol–water partition coefficient (Wildman–Crippen LogP) is 4.62. The van der Waals surface area contributed by atoms with Crippen molar-refractivity contribution in [3.8, 4) is 5.75 Å². The minimum atomic E-state index is -1.38. The smallest absolute Gasteiger partial charge is 0.408 e. The zero-order chi connectivity index (χ0) is 30.3. The average Bonchev–Trinajstić information content (AvgIpc) is 2.89. The highest BCUT2D eigenvalue weighted by Gasteiger charge is 2.39. The van der Waals surface area contributed by atoms with E-state index < -0.39 is 54.0 Å². The number of phenols is 1. The van der Waals surface area contributed by atoms with Crippen molar-refractivity contribution in [2.24, 2.45) is 5.73 Å². The van der Waals surface area contributed by atoms with Gasteiger partial charge in [0.05, 0.1) is 6.42 Å². The van der Waals surface area contributed by atoms with Crippen LogP contribution in [-0.2, 0) is 19.1 Å². The first-order valence-electron chi connectivity index (χ1n) is 13.5. The molecule has 0 saturated carbocycles. The van der Waals surface area contributed by atoms with E-state index in [0.29, 0.717) is 17.7 Å². The molecule has 0 saturated heterocycles. The van der Waals surface area contributed by atoms with Crippen LogP contribution in [0.25, 0.3) is 10.8 Å². The molecule has 10 heteroatoms. The van der Waals surface area contributed by atoms with Crippen LogP contribution in [0.2, 0.25) is 0 Å². The molecule has 3 atom stereocenters. The largest absolute Gasteiger partial charge is 0.508 e. The summed E-state index contributed by atoms with van der Waals surface area (Å²) >= 11 is 0. The number of nitrogens with two attached hydrogens (primary N) is 1. The lowest BCUT2D eigenvalue weighted by Crippen LogP contribution is -2.55.